The zero-order valence-electron chi connectivity index (χ0n) is 13.1. The summed E-state index contributed by atoms with van der Waals surface area (Å²) in [5, 5.41) is 3.45. The minimum absolute atomic E-state index is 0.797. The number of hydrogen-bond acceptors (Lipinski definition) is 3. The van der Waals surface area contributed by atoms with E-state index < -0.39 is 0 Å². The molecule has 0 bridgehead atoms. The number of hydrogen-bond donors (Lipinski definition) is 1. The summed E-state index contributed by atoms with van der Waals surface area (Å²) >= 11 is 0. The van der Waals surface area contributed by atoms with Crippen molar-refractivity contribution >= 4 is 0 Å². The Kier molecular flexibility index (Phi) is 6.51. The molecule has 2 aromatic rings. The van der Waals surface area contributed by atoms with Crippen LogP contribution in [-0.4, -0.2) is 31.1 Å². The maximum atomic E-state index is 5.87. The van der Waals surface area contributed by atoms with Crippen LogP contribution in [0.2, 0.25) is 0 Å². The van der Waals surface area contributed by atoms with Crippen molar-refractivity contribution < 1.29 is 4.42 Å². The highest BCUT2D eigenvalue weighted by Gasteiger charge is 2.04. The van der Waals surface area contributed by atoms with Crippen LogP contribution < -0.4 is 5.32 Å². The van der Waals surface area contributed by atoms with E-state index in [9.17, 15) is 0 Å². The Morgan fingerprint density at radius 1 is 1.00 bits per heavy atom. The largest absolute Gasteiger partial charge is 0.460 e. The predicted octanol–water partition coefficient (Wildman–Crippen LogP) is 3.77. The van der Waals surface area contributed by atoms with Gasteiger partial charge in [-0.1, -0.05) is 44.2 Å². The molecule has 0 amide bonds. The molecule has 0 aliphatic carbocycles. The zero-order chi connectivity index (χ0) is 14.9. The second kappa shape index (κ2) is 8.65. The maximum Gasteiger partial charge on any atom is 0.134 e. The molecule has 0 aliphatic heterocycles. The molecule has 0 aliphatic rings. The highest BCUT2D eigenvalue weighted by molar-refractivity contribution is 5.57. The molecule has 21 heavy (non-hydrogen) atoms. The van der Waals surface area contributed by atoms with Gasteiger partial charge < -0.3 is 14.6 Å². The van der Waals surface area contributed by atoms with Crippen LogP contribution >= 0.6 is 0 Å². The highest BCUT2D eigenvalue weighted by Crippen LogP contribution is 2.21. The number of rotatable bonds is 9. The predicted molar refractivity (Wildman–Crippen MR) is 88.3 cm³/mol. The van der Waals surface area contributed by atoms with Gasteiger partial charge in [-0.25, -0.2) is 0 Å². The van der Waals surface area contributed by atoms with Crippen LogP contribution in [-0.2, 0) is 6.54 Å². The van der Waals surface area contributed by atoms with Gasteiger partial charge >= 0.3 is 0 Å². The summed E-state index contributed by atoms with van der Waals surface area (Å²) in [6.07, 6.45) is 1.17. The van der Waals surface area contributed by atoms with Crippen LogP contribution in [0.3, 0.4) is 0 Å². The lowest BCUT2D eigenvalue weighted by molar-refractivity contribution is 0.297. The van der Waals surface area contributed by atoms with E-state index in [4.69, 9.17) is 4.42 Å². The SMILES string of the molecule is CCN(CC)CCCNCc1ccc(-c2ccccc2)o1. The van der Waals surface area contributed by atoms with Gasteiger partial charge in [0, 0.05) is 5.56 Å². The van der Waals surface area contributed by atoms with E-state index in [0.717, 1.165) is 49.8 Å². The van der Waals surface area contributed by atoms with Crippen molar-refractivity contribution in [3.8, 4) is 11.3 Å². The van der Waals surface area contributed by atoms with Crippen LogP contribution in [0, 0.1) is 0 Å². The Bertz CT molecular complexity index is 503. The first-order chi connectivity index (χ1) is 10.3. The number of nitrogens with zero attached hydrogens (tertiary/aromatic N) is 1. The van der Waals surface area contributed by atoms with E-state index in [0.29, 0.717) is 0 Å². The molecule has 0 radical (unpaired) electrons. The van der Waals surface area contributed by atoms with Gasteiger partial charge in [0.15, 0.2) is 0 Å². The first-order valence-corrected chi connectivity index (χ1v) is 7.90. The zero-order valence-corrected chi connectivity index (χ0v) is 13.1. The summed E-state index contributed by atoms with van der Waals surface area (Å²) in [5.74, 6) is 1.94. The van der Waals surface area contributed by atoms with E-state index in [1.54, 1.807) is 0 Å². The van der Waals surface area contributed by atoms with Crippen LogP contribution in [0.1, 0.15) is 26.0 Å². The smallest absolute Gasteiger partial charge is 0.134 e. The van der Waals surface area contributed by atoms with Crippen molar-refractivity contribution in [3.63, 3.8) is 0 Å². The lowest BCUT2D eigenvalue weighted by atomic mass is 10.2. The highest BCUT2D eigenvalue weighted by atomic mass is 16.3. The Balaban J connectivity index is 1.71. The van der Waals surface area contributed by atoms with Crippen LogP contribution in [0.5, 0.6) is 0 Å². The van der Waals surface area contributed by atoms with Gasteiger partial charge in [0.05, 0.1) is 6.54 Å². The van der Waals surface area contributed by atoms with Gasteiger partial charge in [-0.15, -0.1) is 0 Å². The van der Waals surface area contributed by atoms with Gasteiger partial charge in [0.25, 0.3) is 0 Å². The molecule has 0 unspecified atom stereocenters. The van der Waals surface area contributed by atoms with E-state index in [2.05, 4.69) is 42.3 Å². The summed E-state index contributed by atoms with van der Waals surface area (Å²) in [4.78, 5) is 2.45. The molecule has 1 aromatic carbocycles. The average molecular weight is 286 g/mol. The van der Waals surface area contributed by atoms with Gasteiger partial charge in [-0.2, -0.15) is 0 Å². The molecule has 2 rings (SSSR count). The van der Waals surface area contributed by atoms with Crippen molar-refractivity contribution in [2.75, 3.05) is 26.2 Å². The average Bonchev–Trinajstić information content (AvgIpc) is 3.01. The Labute approximate surface area is 128 Å². The van der Waals surface area contributed by atoms with Crippen LogP contribution in [0.25, 0.3) is 11.3 Å². The second-order valence-electron chi connectivity index (χ2n) is 5.19. The molecule has 114 valence electrons. The third-order valence-corrected chi connectivity index (χ3v) is 3.74. The van der Waals surface area contributed by atoms with Crippen molar-refractivity contribution in [2.24, 2.45) is 0 Å². The lowest BCUT2D eigenvalue weighted by Gasteiger charge is -2.17. The summed E-state index contributed by atoms with van der Waals surface area (Å²) < 4.78 is 5.87. The summed E-state index contributed by atoms with van der Waals surface area (Å²) in [6, 6.07) is 14.3. The fraction of sp³-hybridized carbons (Fsp3) is 0.444. The third kappa shape index (κ3) is 5.03. The Hall–Kier alpha value is -1.58. The van der Waals surface area contributed by atoms with Gasteiger partial charge in [-0.3, -0.25) is 0 Å². The van der Waals surface area contributed by atoms with Crippen molar-refractivity contribution in [3.05, 3.63) is 48.2 Å². The fourth-order valence-electron chi connectivity index (χ4n) is 2.41. The van der Waals surface area contributed by atoms with Crippen LogP contribution in [0.4, 0.5) is 0 Å². The lowest BCUT2D eigenvalue weighted by Crippen LogP contribution is -2.27. The molecule has 1 N–H and O–H groups in total. The van der Waals surface area contributed by atoms with Gasteiger partial charge in [0.2, 0.25) is 0 Å². The minimum Gasteiger partial charge on any atom is -0.460 e. The fourth-order valence-corrected chi connectivity index (χ4v) is 2.41. The molecule has 3 heteroatoms. The summed E-state index contributed by atoms with van der Waals surface area (Å²) in [5.41, 5.74) is 1.13. The molecule has 1 aromatic heterocycles. The van der Waals surface area contributed by atoms with Crippen molar-refractivity contribution in [2.45, 2.75) is 26.8 Å². The van der Waals surface area contributed by atoms with E-state index in [1.165, 1.54) is 6.42 Å². The first kappa shape index (κ1) is 15.8. The van der Waals surface area contributed by atoms with E-state index in [-0.39, 0.29) is 0 Å². The monoisotopic (exact) mass is 286 g/mol. The first-order valence-electron chi connectivity index (χ1n) is 7.90. The summed E-state index contributed by atoms with van der Waals surface area (Å²) in [7, 11) is 0. The standard InChI is InChI=1S/C18H26N2O/c1-3-20(4-2)14-8-13-19-15-17-11-12-18(21-17)16-9-6-5-7-10-16/h5-7,9-12,19H,3-4,8,13-15H2,1-2H3. The molecule has 1 heterocycles. The van der Waals surface area contributed by atoms with Gasteiger partial charge in [-0.05, 0) is 44.7 Å². The Morgan fingerprint density at radius 2 is 1.76 bits per heavy atom. The number of benzene rings is 1. The second-order valence-corrected chi connectivity index (χ2v) is 5.19. The summed E-state index contributed by atoms with van der Waals surface area (Å²) in [6.45, 7) is 9.68. The van der Waals surface area contributed by atoms with Crippen LogP contribution in [0.15, 0.2) is 46.9 Å². The molecule has 0 fully saturated rings. The van der Waals surface area contributed by atoms with Gasteiger partial charge in [0.1, 0.15) is 11.5 Å². The number of nitrogens with one attached hydrogen (secondary N) is 1. The normalized spacial score (nSPS) is 11.2. The Morgan fingerprint density at radius 3 is 2.48 bits per heavy atom. The van der Waals surface area contributed by atoms with Crippen molar-refractivity contribution in [1.82, 2.24) is 10.2 Å². The number of furan rings is 1. The van der Waals surface area contributed by atoms with E-state index in [1.807, 2.05) is 24.3 Å². The molecule has 0 atom stereocenters. The minimum atomic E-state index is 0.797. The maximum absolute atomic E-state index is 5.87. The third-order valence-electron chi connectivity index (χ3n) is 3.74. The molecular formula is C18H26N2O. The molecule has 3 nitrogen and oxygen atoms in total. The molecule has 0 saturated carbocycles. The van der Waals surface area contributed by atoms with Crippen molar-refractivity contribution in [1.29, 1.82) is 0 Å². The molecule has 0 spiro atoms. The van der Waals surface area contributed by atoms with E-state index >= 15 is 0 Å². The quantitative estimate of drug-likeness (QED) is 0.711. The molecular weight excluding hydrogens is 260 g/mol. The topological polar surface area (TPSA) is 28.4 Å². The molecule has 0 saturated heterocycles.